The molecule has 1 aromatic rings. The molecular weight excluding hydrogens is 292 g/mol. The Morgan fingerprint density at radius 3 is 1.71 bits per heavy atom. The molecular formula is C22H43N2+. The van der Waals surface area contributed by atoms with Crippen LogP contribution in [0.3, 0.4) is 0 Å². The Morgan fingerprint density at radius 1 is 0.708 bits per heavy atom. The Bertz CT molecular complexity index is 395. The van der Waals surface area contributed by atoms with Crippen LogP contribution in [-0.2, 0) is 20.0 Å². The maximum Gasteiger partial charge on any atom is 0.256 e. The molecule has 0 unspecified atom stereocenters. The van der Waals surface area contributed by atoms with Gasteiger partial charge in [0.2, 0.25) is 0 Å². The Hall–Kier alpha value is -0.790. The van der Waals surface area contributed by atoms with E-state index in [9.17, 15) is 0 Å². The summed E-state index contributed by atoms with van der Waals surface area (Å²) in [5.41, 5.74) is 0. The Morgan fingerprint density at radius 2 is 1.21 bits per heavy atom. The van der Waals surface area contributed by atoms with Crippen molar-refractivity contribution in [2.45, 2.75) is 117 Å². The quantitative estimate of drug-likeness (QED) is 0.246. The SMILES string of the molecule is CCCCCCCCCCCCCCCc1n(CCC)cc[n+]1C. The van der Waals surface area contributed by atoms with Gasteiger partial charge >= 0.3 is 0 Å². The monoisotopic (exact) mass is 335 g/mol. The van der Waals surface area contributed by atoms with Crippen LogP contribution < -0.4 is 4.57 Å². The molecule has 0 fully saturated rings. The molecule has 1 rings (SSSR count). The summed E-state index contributed by atoms with van der Waals surface area (Å²) in [7, 11) is 2.18. The maximum atomic E-state index is 2.43. The van der Waals surface area contributed by atoms with Crippen LogP contribution in [0.25, 0.3) is 0 Å². The predicted octanol–water partition coefficient (Wildman–Crippen LogP) is 6.36. The van der Waals surface area contributed by atoms with Gasteiger partial charge in [0.1, 0.15) is 12.4 Å². The van der Waals surface area contributed by atoms with Crippen molar-refractivity contribution in [2.75, 3.05) is 0 Å². The number of hydrogen-bond acceptors (Lipinski definition) is 0. The molecule has 0 bridgehead atoms. The highest BCUT2D eigenvalue weighted by Gasteiger charge is 2.12. The molecule has 0 aliphatic heterocycles. The van der Waals surface area contributed by atoms with E-state index >= 15 is 0 Å². The molecule has 2 heteroatoms. The van der Waals surface area contributed by atoms with E-state index in [1.807, 2.05) is 0 Å². The normalized spacial score (nSPS) is 11.3. The summed E-state index contributed by atoms with van der Waals surface area (Å²) in [4.78, 5) is 0. The second-order valence-corrected chi connectivity index (χ2v) is 7.51. The largest absolute Gasteiger partial charge is 0.256 e. The minimum absolute atomic E-state index is 1.16. The zero-order valence-electron chi connectivity index (χ0n) is 16.9. The van der Waals surface area contributed by atoms with Gasteiger partial charge in [0.05, 0.1) is 13.6 Å². The van der Waals surface area contributed by atoms with E-state index in [4.69, 9.17) is 0 Å². The summed E-state index contributed by atoms with van der Waals surface area (Å²) < 4.78 is 4.73. The van der Waals surface area contributed by atoms with Gasteiger partial charge in [-0.2, -0.15) is 0 Å². The van der Waals surface area contributed by atoms with E-state index in [0.717, 1.165) is 6.54 Å². The van der Waals surface area contributed by atoms with Crippen molar-refractivity contribution in [3.05, 3.63) is 18.2 Å². The first-order valence-corrected chi connectivity index (χ1v) is 10.8. The van der Waals surface area contributed by atoms with Gasteiger partial charge in [0.25, 0.3) is 5.82 Å². The van der Waals surface area contributed by atoms with E-state index in [2.05, 4.69) is 42.4 Å². The van der Waals surface area contributed by atoms with Crippen LogP contribution in [0, 0.1) is 0 Å². The molecule has 1 heterocycles. The van der Waals surface area contributed by atoms with E-state index < -0.39 is 0 Å². The summed E-state index contributed by atoms with van der Waals surface area (Å²) in [5, 5.41) is 0. The molecule has 0 aliphatic rings. The van der Waals surface area contributed by atoms with Gasteiger partial charge in [-0.05, 0) is 12.8 Å². The van der Waals surface area contributed by atoms with Gasteiger partial charge in [-0.3, -0.25) is 0 Å². The van der Waals surface area contributed by atoms with E-state index in [1.54, 1.807) is 0 Å². The molecule has 0 N–H and O–H groups in total. The van der Waals surface area contributed by atoms with Crippen molar-refractivity contribution in [2.24, 2.45) is 7.05 Å². The van der Waals surface area contributed by atoms with Gasteiger partial charge < -0.3 is 0 Å². The standard InChI is InChI=1S/C22H43N2/c1-4-6-7-8-9-10-11-12-13-14-15-16-17-18-22-23(3)20-21-24(22)19-5-2/h20-21H,4-19H2,1-3H3/q+1. The molecule has 0 aliphatic carbocycles. The van der Waals surface area contributed by atoms with Crippen molar-refractivity contribution >= 4 is 0 Å². The van der Waals surface area contributed by atoms with Crippen LogP contribution in [0.1, 0.15) is 110 Å². The summed E-state index contributed by atoms with van der Waals surface area (Å²) in [6.45, 7) is 5.71. The predicted molar refractivity (Wildman–Crippen MR) is 105 cm³/mol. The molecule has 0 amide bonds. The summed E-state index contributed by atoms with van der Waals surface area (Å²) in [6, 6.07) is 0. The number of rotatable bonds is 16. The molecule has 140 valence electrons. The number of unbranched alkanes of at least 4 members (excludes halogenated alkanes) is 12. The third-order valence-corrected chi connectivity index (χ3v) is 5.18. The smallest absolute Gasteiger partial charge is 0.237 e. The summed E-state index contributed by atoms with van der Waals surface area (Å²) in [5.74, 6) is 1.50. The second kappa shape index (κ2) is 14.5. The van der Waals surface area contributed by atoms with E-state index in [0.29, 0.717) is 0 Å². The van der Waals surface area contributed by atoms with Gasteiger partial charge in [0.15, 0.2) is 0 Å². The van der Waals surface area contributed by atoms with Crippen molar-refractivity contribution in [1.82, 2.24) is 4.57 Å². The maximum absolute atomic E-state index is 2.43. The van der Waals surface area contributed by atoms with Gasteiger partial charge in [0, 0.05) is 6.42 Å². The van der Waals surface area contributed by atoms with Crippen molar-refractivity contribution in [1.29, 1.82) is 0 Å². The van der Waals surface area contributed by atoms with Crippen LogP contribution in [0.15, 0.2) is 12.4 Å². The minimum Gasteiger partial charge on any atom is -0.237 e. The fourth-order valence-electron chi connectivity index (χ4n) is 3.62. The Labute approximate surface area is 151 Å². The first kappa shape index (κ1) is 21.3. The lowest BCUT2D eigenvalue weighted by Crippen LogP contribution is -2.32. The molecule has 2 nitrogen and oxygen atoms in total. The molecule has 0 saturated carbocycles. The topological polar surface area (TPSA) is 8.81 Å². The molecule has 1 aromatic heterocycles. The zero-order chi connectivity index (χ0) is 17.5. The van der Waals surface area contributed by atoms with Crippen molar-refractivity contribution < 1.29 is 4.57 Å². The summed E-state index contributed by atoms with van der Waals surface area (Å²) >= 11 is 0. The average molecular weight is 336 g/mol. The lowest BCUT2D eigenvalue weighted by molar-refractivity contribution is -0.678. The van der Waals surface area contributed by atoms with Crippen LogP contribution >= 0.6 is 0 Å². The average Bonchev–Trinajstić information content (AvgIpc) is 2.92. The fraction of sp³-hybridized carbons (Fsp3) is 0.864. The molecule has 0 saturated heterocycles. The van der Waals surface area contributed by atoms with Crippen LogP contribution in [0.2, 0.25) is 0 Å². The third-order valence-electron chi connectivity index (χ3n) is 5.18. The number of nitrogens with zero attached hydrogens (tertiary/aromatic N) is 2. The van der Waals surface area contributed by atoms with E-state index in [1.165, 1.54) is 102 Å². The first-order valence-electron chi connectivity index (χ1n) is 10.8. The van der Waals surface area contributed by atoms with Crippen molar-refractivity contribution in [3.8, 4) is 0 Å². The molecule has 0 radical (unpaired) electrons. The minimum atomic E-state index is 1.16. The highest BCUT2D eigenvalue weighted by atomic mass is 15.1. The van der Waals surface area contributed by atoms with Crippen LogP contribution in [0.5, 0.6) is 0 Å². The highest BCUT2D eigenvalue weighted by molar-refractivity contribution is 4.83. The van der Waals surface area contributed by atoms with Crippen LogP contribution in [-0.4, -0.2) is 4.57 Å². The summed E-state index contributed by atoms with van der Waals surface area (Å²) in [6.07, 6.45) is 25.5. The lowest BCUT2D eigenvalue weighted by atomic mass is 10.0. The number of hydrogen-bond donors (Lipinski definition) is 0. The van der Waals surface area contributed by atoms with Gasteiger partial charge in [-0.1, -0.05) is 90.9 Å². The fourth-order valence-corrected chi connectivity index (χ4v) is 3.62. The molecule has 0 aromatic carbocycles. The zero-order valence-corrected chi connectivity index (χ0v) is 16.9. The Balaban J connectivity index is 1.91. The molecule has 0 spiro atoms. The molecule has 24 heavy (non-hydrogen) atoms. The third kappa shape index (κ3) is 9.49. The van der Waals surface area contributed by atoms with E-state index in [-0.39, 0.29) is 0 Å². The number of imidazole rings is 1. The van der Waals surface area contributed by atoms with Gasteiger partial charge in [-0.15, -0.1) is 0 Å². The second-order valence-electron chi connectivity index (χ2n) is 7.51. The number of aryl methyl sites for hydroxylation is 2. The van der Waals surface area contributed by atoms with Crippen molar-refractivity contribution in [3.63, 3.8) is 0 Å². The highest BCUT2D eigenvalue weighted by Crippen LogP contribution is 2.13. The first-order chi connectivity index (χ1) is 11.8. The molecule has 0 atom stereocenters. The van der Waals surface area contributed by atoms with Crippen LogP contribution in [0.4, 0.5) is 0 Å². The lowest BCUT2D eigenvalue weighted by Gasteiger charge is -2.04. The van der Waals surface area contributed by atoms with Gasteiger partial charge in [-0.25, -0.2) is 9.13 Å². The number of aromatic nitrogens is 2. The Kier molecular flexibility index (Phi) is 12.9.